The zero-order valence-electron chi connectivity index (χ0n) is 13.7. The van der Waals surface area contributed by atoms with Gasteiger partial charge in [0.1, 0.15) is 11.5 Å². The molecule has 0 spiro atoms. The Hall–Kier alpha value is -0.800. The zero-order chi connectivity index (χ0) is 14.7. The van der Waals surface area contributed by atoms with E-state index in [1.54, 1.807) is 0 Å². The van der Waals surface area contributed by atoms with Gasteiger partial charge in [0, 0.05) is 18.2 Å². The van der Waals surface area contributed by atoms with Gasteiger partial charge in [0.15, 0.2) is 0 Å². The molecule has 3 heteroatoms. The number of hydrogen-bond acceptors (Lipinski definition) is 3. The molecule has 2 heterocycles. The summed E-state index contributed by atoms with van der Waals surface area (Å²) >= 11 is 0. The van der Waals surface area contributed by atoms with Crippen LogP contribution in [0.3, 0.4) is 0 Å². The van der Waals surface area contributed by atoms with Gasteiger partial charge in [0.2, 0.25) is 0 Å². The van der Waals surface area contributed by atoms with Crippen LogP contribution in [-0.4, -0.2) is 24.0 Å². The molecule has 1 N–H and O–H groups in total. The van der Waals surface area contributed by atoms with Crippen LogP contribution in [0.15, 0.2) is 10.5 Å². The molecule has 0 bridgehead atoms. The van der Waals surface area contributed by atoms with Crippen molar-refractivity contribution < 1.29 is 4.42 Å². The van der Waals surface area contributed by atoms with Gasteiger partial charge in [-0.05, 0) is 57.7 Å². The molecule has 0 radical (unpaired) electrons. The molecule has 3 nitrogen and oxygen atoms in total. The second kappa shape index (κ2) is 6.97. The summed E-state index contributed by atoms with van der Waals surface area (Å²) in [6.07, 6.45) is 8.32. The average Bonchev–Trinajstić information content (AvgIpc) is 3.05. The van der Waals surface area contributed by atoms with Crippen molar-refractivity contribution in [3.05, 3.63) is 23.2 Å². The lowest BCUT2D eigenvalue weighted by molar-refractivity contribution is 0.175. The monoisotopic (exact) mass is 290 g/mol. The van der Waals surface area contributed by atoms with Crippen LogP contribution in [0.1, 0.15) is 62.5 Å². The van der Waals surface area contributed by atoms with E-state index in [0.29, 0.717) is 0 Å². The van der Waals surface area contributed by atoms with Gasteiger partial charge >= 0.3 is 0 Å². The van der Waals surface area contributed by atoms with Crippen molar-refractivity contribution in [2.45, 2.75) is 71.5 Å². The number of hydrogen-bond donors (Lipinski definition) is 1. The van der Waals surface area contributed by atoms with E-state index in [-0.39, 0.29) is 0 Å². The predicted molar refractivity (Wildman–Crippen MR) is 86.2 cm³/mol. The van der Waals surface area contributed by atoms with Gasteiger partial charge in [0.05, 0.1) is 6.54 Å². The lowest BCUT2D eigenvalue weighted by atomic mass is 9.85. The number of fused-ring (bicyclic) bond motifs is 1. The van der Waals surface area contributed by atoms with Crippen molar-refractivity contribution in [3.63, 3.8) is 0 Å². The van der Waals surface area contributed by atoms with Crippen molar-refractivity contribution >= 4 is 0 Å². The Balaban J connectivity index is 1.59. The maximum Gasteiger partial charge on any atom is 0.118 e. The normalized spacial score (nSPS) is 26.2. The first kappa shape index (κ1) is 15.1. The largest absolute Gasteiger partial charge is 0.465 e. The first-order valence-electron chi connectivity index (χ1n) is 8.81. The van der Waals surface area contributed by atoms with Gasteiger partial charge in [-0.25, -0.2) is 0 Å². The fraction of sp³-hybridized carbons (Fsp3) is 0.778. The quantitative estimate of drug-likeness (QED) is 0.807. The van der Waals surface area contributed by atoms with E-state index in [9.17, 15) is 0 Å². The van der Waals surface area contributed by atoms with Crippen LogP contribution >= 0.6 is 0 Å². The van der Waals surface area contributed by atoms with Crippen LogP contribution in [0.4, 0.5) is 0 Å². The molecule has 21 heavy (non-hydrogen) atoms. The molecule has 0 aromatic carbocycles. The third-order valence-electron chi connectivity index (χ3n) is 5.30. The van der Waals surface area contributed by atoms with Crippen molar-refractivity contribution in [1.82, 2.24) is 10.2 Å². The summed E-state index contributed by atoms with van der Waals surface area (Å²) in [4.78, 5) is 2.71. The van der Waals surface area contributed by atoms with Crippen LogP contribution in [-0.2, 0) is 13.1 Å². The third-order valence-corrected chi connectivity index (χ3v) is 5.30. The van der Waals surface area contributed by atoms with E-state index < -0.39 is 0 Å². The van der Waals surface area contributed by atoms with Gasteiger partial charge in [0.25, 0.3) is 0 Å². The minimum Gasteiger partial charge on any atom is -0.465 e. The Bertz CT molecular complexity index is 454. The van der Waals surface area contributed by atoms with Gasteiger partial charge in [-0.1, -0.05) is 19.8 Å². The van der Waals surface area contributed by atoms with Crippen LogP contribution in [0.2, 0.25) is 0 Å². The highest BCUT2D eigenvalue weighted by atomic mass is 16.3. The van der Waals surface area contributed by atoms with Crippen molar-refractivity contribution in [1.29, 1.82) is 0 Å². The Morgan fingerprint density at radius 3 is 3.00 bits per heavy atom. The van der Waals surface area contributed by atoms with Gasteiger partial charge in [-0.15, -0.1) is 0 Å². The highest BCUT2D eigenvalue weighted by Gasteiger charge is 2.35. The summed E-state index contributed by atoms with van der Waals surface area (Å²) in [6.45, 7) is 8.60. The molecule has 2 unspecified atom stereocenters. The first-order valence-corrected chi connectivity index (χ1v) is 8.81. The van der Waals surface area contributed by atoms with Crippen LogP contribution < -0.4 is 5.32 Å². The summed E-state index contributed by atoms with van der Waals surface area (Å²) in [5, 5.41) is 3.42. The summed E-state index contributed by atoms with van der Waals surface area (Å²) in [5.41, 5.74) is 1.40. The Kier molecular flexibility index (Phi) is 5.02. The van der Waals surface area contributed by atoms with E-state index in [1.165, 1.54) is 50.6 Å². The maximum atomic E-state index is 5.92. The second-order valence-electron chi connectivity index (χ2n) is 6.84. The lowest BCUT2D eigenvalue weighted by Crippen LogP contribution is -2.34. The number of furan rings is 1. The van der Waals surface area contributed by atoms with Gasteiger partial charge in [-0.3, -0.25) is 4.90 Å². The van der Waals surface area contributed by atoms with Crippen molar-refractivity contribution in [3.8, 4) is 0 Å². The van der Waals surface area contributed by atoms with E-state index in [2.05, 4.69) is 30.1 Å². The number of nitrogens with one attached hydrogen (secondary N) is 1. The SMILES string of the molecule is CCCNCc1cc(CN2CCC3CCCCC32)c(C)o1. The molecule has 1 aliphatic carbocycles. The summed E-state index contributed by atoms with van der Waals surface area (Å²) in [5.74, 6) is 3.18. The Morgan fingerprint density at radius 2 is 2.14 bits per heavy atom. The van der Waals surface area contributed by atoms with Gasteiger partial charge < -0.3 is 9.73 Å². The summed E-state index contributed by atoms with van der Waals surface area (Å²) in [6, 6.07) is 3.11. The fourth-order valence-electron chi connectivity index (χ4n) is 4.14. The molecule has 2 fully saturated rings. The fourth-order valence-corrected chi connectivity index (χ4v) is 4.14. The average molecular weight is 290 g/mol. The lowest BCUT2D eigenvalue weighted by Gasteiger charge is -2.31. The molecule has 3 rings (SSSR count). The molecule has 1 saturated heterocycles. The third kappa shape index (κ3) is 3.51. The first-order chi connectivity index (χ1) is 10.3. The van der Waals surface area contributed by atoms with Crippen LogP contribution in [0.5, 0.6) is 0 Å². The van der Waals surface area contributed by atoms with E-state index >= 15 is 0 Å². The molecule has 1 saturated carbocycles. The minimum atomic E-state index is 0.842. The van der Waals surface area contributed by atoms with E-state index in [0.717, 1.165) is 43.1 Å². The molecule has 0 amide bonds. The smallest absolute Gasteiger partial charge is 0.118 e. The molecule has 2 atom stereocenters. The van der Waals surface area contributed by atoms with E-state index in [1.807, 2.05) is 0 Å². The second-order valence-corrected chi connectivity index (χ2v) is 6.84. The van der Waals surface area contributed by atoms with Crippen LogP contribution in [0, 0.1) is 12.8 Å². The standard InChI is InChI=1S/C18H30N2O/c1-3-9-19-12-17-11-16(14(2)21-17)13-20-10-8-15-6-4-5-7-18(15)20/h11,15,18-19H,3-10,12-13H2,1-2H3. The van der Waals surface area contributed by atoms with Crippen molar-refractivity contribution in [2.24, 2.45) is 5.92 Å². The molecule has 2 aliphatic rings. The summed E-state index contributed by atoms with van der Waals surface area (Å²) in [7, 11) is 0. The maximum absolute atomic E-state index is 5.92. The van der Waals surface area contributed by atoms with Crippen LogP contribution in [0.25, 0.3) is 0 Å². The predicted octanol–water partition coefficient (Wildman–Crippen LogP) is 3.85. The summed E-state index contributed by atoms with van der Waals surface area (Å²) < 4.78 is 5.92. The van der Waals surface area contributed by atoms with Gasteiger partial charge in [-0.2, -0.15) is 0 Å². The number of likely N-dealkylation sites (tertiary alicyclic amines) is 1. The molecule has 1 aromatic heterocycles. The molecule has 1 aliphatic heterocycles. The number of rotatable bonds is 6. The molecule has 1 aromatic rings. The molecule has 118 valence electrons. The number of aryl methyl sites for hydroxylation is 1. The highest BCUT2D eigenvalue weighted by molar-refractivity contribution is 5.21. The minimum absolute atomic E-state index is 0.842. The Labute approximate surface area is 129 Å². The van der Waals surface area contributed by atoms with E-state index in [4.69, 9.17) is 4.42 Å². The van der Waals surface area contributed by atoms with Crippen molar-refractivity contribution in [2.75, 3.05) is 13.1 Å². The highest BCUT2D eigenvalue weighted by Crippen LogP contribution is 2.37. The Morgan fingerprint density at radius 1 is 1.29 bits per heavy atom. The topological polar surface area (TPSA) is 28.4 Å². The molecular formula is C18H30N2O. The number of nitrogens with zero attached hydrogens (tertiary/aromatic N) is 1. The molecular weight excluding hydrogens is 260 g/mol. The zero-order valence-corrected chi connectivity index (χ0v) is 13.7.